The van der Waals surface area contributed by atoms with Crippen LogP contribution in [0.25, 0.3) is 0 Å². The van der Waals surface area contributed by atoms with Crippen LogP contribution in [0.5, 0.6) is 0 Å². The molecule has 1 aliphatic rings. The fourth-order valence-electron chi connectivity index (χ4n) is 2.35. The Balaban J connectivity index is 2.28. The summed E-state index contributed by atoms with van der Waals surface area (Å²) in [6.07, 6.45) is 4.86. The minimum Gasteiger partial charge on any atom is -0.397 e. The topological polar surface area (TPSA) is 29.3 Å². The fraction of sp³-hybridized carbons (Fsp3) is 0.500. The van der Waals surface area contributed by atoms with Crippen molar-refractivity contribution in [1.82, 2.24) is 0 Å². The lowest BCUT2D eigenvalue weighted by atomic mass is 10.1. The Bertz CT molecular complexity index is 389. The summed E-state index contributed by atoms with van der Waals surface area (Å²) in [7, 11) is 2.00. The van der Waals surface area contributed by atoms with Crippen molar-refractivity contribution in [2.45, 2.75) is 31.7 Å². The minimum absolute atomic E-state index is 0.256. The molecule has 0 atom stereocenters. The number of nitrogens with two attached hydrogens (primary N) is 1. The van der Waals surface area contributed by atoms with Gasteiger partial charge in [0.1, 0.15) is 5.82 Å². The molecule has 0 spiro atoms. The number of halogens is 2. The molecule has 2 N–H and O–H groups in total. The van der Waals surface area contributed by atoms with Gasteiger partial charge in [0, 0.05) is 19.2 Å². The first-order chi connectivity index (χ1) is 7.59. The van der Waals surface area contributed by atoms with Gasteiger partial charge < -0.3 is 10.6 Å². The molecule has 0 bridgehead atoms. The van der Waals surface area contributed by atoms with Gasteiger partial charge in [0.25, 0.3) is 0 Å². The van der Waals surface area contributed by atoms with Gasteiger partial charge in [-0.2, -0.15) is 0 Å². The smallest absolute Gasteiger partial charge is 0.139 e. The molecule has 1 aromatic carbocycles. The molecule has 0 unspecified atom stereocenters. The van der Waals surface area contributed by atoms with Crippen LogP contribution in [0, 0.1) is 5.82 Å². The van der Waals surface area contributed by atoms with Crippen LogP contribution in [0.2, 0.25) is 0 Å². The zero-order valence-electron chi connectivity index (χ0n) is 9.34. The van der Waals surface area contributed by atoms with Gasteiger partial charge in [-0.25, -0.2) is 4.39 Å². The largest absolute Gasteiger partial charge is 0.397 e. The molecule has 1 saturated carbocycles. The lowest BCUT2D eigenvalue weighted by Gasteiger charge is -2.28. The van der Waals surface area contributed by atoms with Gasteiger partial charge in [0.05, 0.1) is 15.8 Å². The molecule has 1 aromatic rings. The number of anilines is 2. The van der Waals surface area contributed by atoms with Crippen LogP contribution in [-0.4, -0.2) is 13.1 Å². The number of rotatable bonds is 2. The fourth-order valence-corrected chi connectivity index (χ4v) is 2.71. The number of nitrogens with zero attached hydrogens (tertiary/aromatic N) is 1. The summed E-state index contributed by atoms with van der Waals surface area (Å²) in [6, 6.07) is 3.65. The molecule has 16 heavy (non-hydrogen) atoms. The first-order valence-electron chi connectivity index (χ1n) is 5.57. The van der Waals surface area contributed by atoms with Crippen molar-refractivity contribution < 1.29 is 4.39 Å². The predicted molar refractivity (Wildman–Crippen MR) is 69.2 cm³/mol. The molecule has 2 nitrogen and oxygen atoms in total. The van der Waals surface area contributed by atoms with Crippen LogP contribution in [0.1, 0.15) is 25.7 Å². The number of benzene rings is 1. The van der Waals surface area contributed by atoms with Crippen LogP contribution < -0.4 is 10.6 Å². The lowest BCUT2D eigenvalue weighted by molar-refractivity contribution is 0.614. The maximum atomic E-state index is 13.5. The molecule has 0 aliphatic heterocycles. The van der Waals surface area contributed by atoms with Gasteiger partial charge in [-0.05, 0) is 34.8 Å². The van der Waals surface area contributed by atoms with Crippen molar-refractivity contribution in [3.05, 3.63) is 22.4 Å². The molecule has 0 heterocycles. The Morgan fingerprint density at radius 3 is 2.62 bits per heavy atom. The molecule has 2 rings (SSSR count). The minimum atomic E-state index is -0.256. The standard InChI is InChI=1S/C12H16BrFN2/c1-16(8-4-2-3-5-8)12-7-10(14)9(13)6-11(12)15/h6-8H,2-5,15H2,1H3. The van der Waals surface area contributed by atoms with Crippen LogP contribution >= 0.6 is 15.9 Å². The molecule has 1 fully saturated rings. The zero-order valence-corrected chi connectivity index (χ0v) is 10.9. The van der Waals surface area contributed by atoms with E-state index in [0.29, 0.717) is 16.2 Å². The summed E-state index contributed by atoms with van der Waals surface area (Å²) in [4.78, 5) is 2.11. The molecule has 0 aromatic heterocycles. The number of nitrogen functional groups attached to an aromatic ring is 1. The number of hydrogen-bond acceptors (Lipinski definition) is 2. The molecular formula is C12H16BrFN2. The summed E-state index contributed by atoms with van der Waals surface area (Å²) in [5, 5.41) is 0. The highest BCUT2D eigenvalue weighted by Crippen LogP contribution is 2.33. The second-order valence-electron chi connectivity index (χ2n) is 4.37. The molecule has 4 heteroatoms. The Kier molecular flexibility index (Phi) is 3.38. The van der Waals surface area contributed by atoms with E-state index in [-0.39, 0.29) is 5.82 Å². The first kappa shape index (κ1) is 11.7. The Morgan fingerprint density at radius 2 is 2.00 bits per heavy atom. The first-order valence-corrected chi connectivity index (χ1v) is 6.36. The van der Waals surface area contributed by atoms with E-state index < -0.39 is 0 Å². The summed E-state index contributed by atoms with van der Waals surface area (Å²) < 4.78 is 13.9. The van der Waals surface area contributed by atoms with Crippen LogP contribution in [0.4, 0.5) is 15.8 Å². The van der Waals surface area contributed by atoms with Gasteiger partial charge in [0.2, 0.25) is 0 Å². The molecular weight excluding hydrogens is 271 g/mol. The molecule has 0 saturated heterocycles. The van der Waals surface area contributed by atoms with Crippen molar-refractivity contribution in [3.8, 4) is 0 Å². The van der Waals surface area contributed by atoms with E-state index in [1.807, 2.05) is 7.05 Å². The van der Waals surface area contributed by atoms with E-state index in [4.69, 9.17) is 5.73 Å². The van der Waals surface area contributed by atoms with Gasteiger partial charge in [-0.15, -0.1) is 0 Å². The molecule has 1 aliphatic carbocycles. The van der Waals surface area contributed by atoms with Crippen molar-refractivity contribution >= 4 is 27.3 Å². The van der Waals surface area contributed by atoms with Gasteiger partial charge in [-0.3, -0.25) is 0 Å². The van der Waals surface area contributed by atoms with Crippen LogP contribution in [-0.2, 0) is 0 Å². The SMILES string of the molecule is CN(c1cc(F)c(Br)cc1N)C1CCCC1. The van der Waals surface area contributed by atoms with E-state index in [9.17, 15) is 4.39 Å². The Hall–Kier alpha value is -0.770. The zero-order chi connectivity index (χ0) is 11.7. The van der Waals surface area contributed by atoms with Gasteiger partial charge in [-0.1, -0.05) is 12.8 Å². The third kappa shape index (κ3) is 2.17. The van der Waals surface area contributed by atoms with E-state index >= 15 is 0 Å². The third-order valence-electron chi connectivity index (χ3n) is 3.32. The van der Waals surface area contributed by atoms with E-state index in [1.165, 1.54) is 31.7 Å². The highest BCUT2D eigenvalue weighted by atomic mass is 79.9. The maximum Gasteiger partial charge on any atom is 0.139 e. The molecule has 0 radical (unpaired) electrons. The molecule has 0 amide bonds. The van der Waals surface area contributed by atoms with Crippen molar-refractivity contribution in [3.63, 3.8) is 0 Å². The highest BCUT2D eigenvalue weighted by molar-refractivity contribution is 9.10. The van der Waals surface area contributed by atoms with E-state index in [0.717, 1.165) is 5.69 Å². The lowest BCUT2D eigenvalue weighted by Crippen LogP contribution is -2.29. The van der Waals surface area contributed by atoms with Gasteiger partial charge in [0.15, 0.2) is 0 Å². The van der Waals surface area contributed by atoms with Crippen molar-refractivity contribution in [1.29, 1.82) is 0 Å². The third-order valence-corrected chi connectivity index (χ3v) is 3.93. The normalized spacial score (nSPS) is 16.7. The Labute approximate surface area is 104 Å². The van der Waals surface area contributed by atoms with E-state index in [1.54, 1.807) is 6.07 Å². The highest BCUT2D eigenvalue weighted by Gasteiger charge is 2.21. The average molecular weight is 287 g/mol. The average Bonchev–Trinajstić information content (AvgIpc) is 2.75. The second kappa shape index (κ2) is 4.62. The van der Waals surface area contributed by atoms with Gasteiger partial charge >= 0.3 is 0 Å². The van der Waals surface area contributed by atoms with E-state index in [2.05, 4.69) is 20.8 Å². The summed E-state index contributed by atoms with van der Waals surface area (Å²) in [5.41, 5.74) is 7.35. The predicted octanol–water partition coefficient (Wildman–Crippen LogP) is 3.55. The Morgan fingerprint density at radius 1 is 1.38 bits per heavy atom. The summed E-state index contributed by atoms with van der Waals surface area (Å²) in [5.74, 6) is -0.256. The maximum absolute atomic E-state index is 13.5. The second-order valence-corrected chi connectivity index (χ2v) is 5.23. The summed E-state index contributed by atoms with van der Waals surface area (Å²) >= 11 is 3.14. The monoisotopic (exact) mass is 286 g/mol. The number of hydrogen-bond donors (Lipinski definition) is 1. The van der Waals surface area contributed by atoms with Crippen molar-refractivity contribution in [2.24, 2.45) is 0 Å². The van der Waals surface area contributed by atoms with Crippen molar-refractivity contribution in [2.75, 3.05) is 17.7 Å². The molecule has 88 valence electrons. The summed E-state index contributed by atoms with van der Waals surface area (Å²) in [6.45, 7) is 0. The van der Waals surface area contributed by atoms with Crippen LogP contribution in [0.3, 0.4) is 0 Å². The van der Waals surface area contributed by atoms with Crippen LogP contribution in [0.15, 0.2) is 16.6 Å². The quantitative estimate of drug-likeness (QED) is 0.843.